The summed E-state index contributed by atoms with van der Waals surface area (Å²) in [5.41, 5.74) is -0.0622. The monoisotopic (exact) mass is 546 g/mol. The molecule has 35 heavy (non-hydrogen) atoms. The first-order valence-electron chi connectivity index (χ1n) is 10.8. The molecule has 0 spiro atoms. The zero-order valence-electron chi connectivity index (χ0n) is 19.1. The molecule has 1 N–H and O–H groups in total. The number of nitro groups is 1. The minimum Gasteiger partial charge on any atom is -0.490 e. The van der Waals surface area contributed by atoms with E-state index in [1.165, 1.54) is 23.0 Å². The average molecular weight is 547 g/mol. The van der Waals surface area contributed by atoms with E-state index in [2.05, 4.69) is 26.0 Å². The highest BCUT2D eigenvalue weighted by atomic mass is 79.9. The number of hydrogen-bond donors (Lipinski definition) is 1. The van der Waals surface area contributed by atoms with Crippen molar-refractivity contribution >= 4 is 44.7 Å². The summed E-state index contributed by atoms with van der Waals surface area (Å²) >= 11 is 3.36. The van der Waals surface area contributed by atoms with Gasteiger partial charge in [0.05, 0.1) is 28.6 Å². The number of benzene rings is 2. The molecular weight excluding hydrogens is 524 g/mol. The van der Waals surface area contributed by atoms with Crippen LogP contribution in [0.1, 0.15) is 38.1 Å². The third-order valence-electron chi connectivity index (χ3n) is 4.85. The van der Waals surface area contributed by atoms with Gasteiger partial charge in [0, 0.05) is 22.5 Å². The standard InChI is InChI=1S/C23H23BrN4O7/c1-3-5-6-20-26-17-8-7-15(24)11-16(17)23(31)27(20)25-12-14-9-18(28(32)33)22(35-13-21(29)30)19(10-14)34-4-2/h7-12H,3-6,13H2,1-2H3,(H,29,30). The van der Waals surface area contributed by atoms with Crippen LogP contribution in [0.5, 0.6) is 11.5 Å². The molecule has 0 saturated heterocycles. The maximum absolute atomic E-state index is 13.2. The lowest BCUT2D eigenvalue weighted by molar-refractivity contribution is -0.385. The molecular formula is C23H23BrN4O7. The summed E-state index contributed by atoms with van der Waals surface area (Å²) in [4.78, 5) is 39.7. The molecule has 11 nitrogen and oxygen atoms in total. The highest BCUT2D eigenvalue weighted by Gasteiger charge is 2.23. The number of nitro benzene ring substituents is 1. The molecule has 1 aromatic heterocycles. The zero-order chi connectivity index (χ0) is 25.5. The maximum atomic E-state index is 13.2. The van der Waals surface area contributed by atoms with Gasteiger partial charge in [-0.3, -0.25) is 14.9 Å². The molecule has 0 atom stereocenters. The van der Waals surface area contributed by atoms with Crippen LogP contribution in [0, 0.1) is 10.1 Å². The summed E-state index contributed by atoms with van der Waals surface area (Å²) in [5.74, 6) is -1.14. The van der Waals surface area contributed by atoms with Gasteiger partial charge in [-0.2, -0.15) is 9.78 Å². The Bertz CT molecular complexity index is 1350. The van der Waals surface area contributed by atoms with E-state index in [0.717, 1.165) is 17.3 Å². The first kappa shape index (κ1) is 25.8. The van der Waals surface area contributed by atoms with Gasteiger partial charge in [-0.05, 0) is 37.6 Å². The van der Waals surface area contributed by atoms with Crippen LogP contribution in [0.3, 0.4) is 0 Å². The second-order valence-corrected chi connectivity index (χ2v) is 8.31. The predicted octanol–water partition coefficient (Wildman–Crippen LogP) is 4.15. The second kappa shape index (κ2) is 11.6. The molecule has 0 aliphatic rings. The minimum absolute atomic E-state index is 0.0106. The highest BCUT2D eigenvalue weighted by Crippen LogP contribution is 2.38. The van der Waals surface area contributed by atoms with E-state index in [9.17, 15) is 19.7 Å². The summed E-state index contributed by atoms with van der Waals surface area (Å²) < 4.78 is 12.5. The number of unbranched alkanes of at least 4 members (excludes halogenated alkanes) is 1. The average Bonchev–Trinajstić information content (AvgIpc) is 2.81. The number of aromatic nitrogens is 2. The molecule has 0 aliphatic carbocycles. The first-order chi connectivity index (χ1) is 16.7. The van der Waals surface area contributed by atoms with E-state index in [4.69, 9.17) is 14.6 Å². The van der Waals surface area contributed by atoms with E-state index in [-0.39, 0.29) is 29.2 Å². The van der Waals surface area contributed by atoms with E-state index in [0.29, 0.717) is 23.1 Å². The van der Waals surface area contributed by atoms with Gasteiger partial charge in [-0.25, -0.2) is 9.78 Å². The van der Waals surface area contributed by atoms with Gasteiger partial charge >= 0.3 is 11.7 Å². The molecule has 0 amide bonds. The van der Waals surface area contributed by atoms with Crippen molar-refractivity contribution in [2.75, 3.05) is 13.2 Å². The van der Waals surface area contributed by atoms with Crippen LogP contribution in [-0.2, 0) is 11.2 Å². The molecule has 0 fully saturated rings. The fourth-order valence-corrected chi connectivity index (χ4v) is 3.66. The summed E-state index contributed by atoms with van der Waals surface area (Å²) in [6.07, 6.45) is 3.49. The fraction of sp³-hybridized carbons (Fsp3) is 0.304. The predicted molar refractivity (Wildman–Crippen MR) is 133 cm³/mol. The van der Waals surface area contributed by atoms with Crippen molar-refractivity contribution in [2.24, 2.45) is 5.10 Å². The molecule has 184 valence electrons. The smallest absolute Gasteiger partial charge is 0.341 e. The zero-order valence-corrected chi connectivity index (χ0v) is 20.6. The Morgan fingerprint density at radius 2 is 2.06 bits per heavy atom. The number of rotatable bonds is 11. The Morgan fingerprint density at radius 1 is 1.29 bits per heavy atom. The van der Waals surface area contributed by atoms with E-state index < -0.39 is 23.2 Å². The maximum Gasteiger partial charge on any atom is 0.341 e. The largest absolute Gasteiger partial charge is 0.490 e. The van der Waals surface area contributed by atoms with Crippen LogP contribution >= 0.6 is 15.9 Å². The molecule has 3 aromatic rings. The van der Waals surface area contributed by atoms with Gasteiger partial charge in [-0.15, -0.1) is 0 Å². The third-order valence-corrected chi connectivity index (χ3v) is 5.34. The number of nitrogens with zero attached hydrogens (tertiary/aromatic N) is 4. The lowest BCUT2D eigenvalue weighted by Crippen LogP contribution is -2.22. The van der Waals surface area contributed by atoms with Crippen LogP contribution in [0.2, 0.25) is 0 Å². The van der Waals surface area contributed by atoms with Crippen LogP contribution in [0.25, 0.3) is 10.9 Å². The number of carboxylic acid groups (broad SMARTS) is 1. The number of carboxylic acids is 1. The summed E-state index contributed by atoms with van der Waals surface area (Å²) in [6, 6.07) is 7.81. The molecule has 0 aliphatic heterocycles. The molecule has 0 radical (unpaired) electrons. The third kappa shape index (κ3) is 6.21. The van der Waals surface area contributed by atoms with Gasteiger partial charge in [-0.1, -0.05) is 29.3 Å². The normalized spacial score (nSPS) is 11.2. The van der Waals surface area contributed by atoms with Crippen molar-refractivity contribution < 1.29 is 24.3 Å². The van der Waals surface area contributed by atoms with Crippen LogP contribution in [0.15, 0.2) is 44.7 Å². The SMILES string of the molecule is CCCCc1nc2ccc(Br)cc2c(=O)n1N=Cc1cc(OCC)c(OCC(=O)O)c([N+](=O)[O-])c1. The molecule has 12 heteroatoms. The Labute approximate surface area is 208 Å². The van der Waals surface area contributed by atoms with Crippen molar-refractivity contribution in [3.8, 4) is 11.5 Å². The van der Waals surface area contributed by atoms with Crippen LogP contribution in [0.4, 0.5) is 5.69 Å². The lowest BCUT2D eigenvalue weighted by Gasteiger charge is -2.12. The summed E-state index contributed by atoms with van der Waals surface area (Å²) in [6.45, 7) is 3.08. The number of aryl methyl sites for hydroxylation is 1. The van der Waals surface area contributed by atoms with Crippen LogP contribution in [-0.4, -0.2) is 45.1 Å². The van der Waals surface area contributed by atoms with Gasteiger partial charge in [0.25, 0.3) is 5.56 Å². The lowest BCUT2D eigenvalue weighted by atomic mass is 10.2. The van der Waals surface area contributed by atoms with Gasteiger partial charge in [0.2, 0.25) is 5.75 Å². The summed E-state index contributed by atoms with van der Waals surface area (Å²) in [7, 11) is 0. The number of aliphatic carboxylic acids is 1. The number of fused-ring (bicyclic) bond motifs is 1. The van der Waals surface area contributed by atoms with E-state index in [1.807, 2.05) is 6.92 Å². The summed E-state index contributed by atoms with van der Waals surface area (Å²) in [5, 5.41) is 25.2. The van der Waals surface area contributed by atoms with Crippen molar-refractivity contribution in [1.29, 1.82) is 0 Å². The Kier molecular flexibility index (Phi) is 8.53. The molecule has 1 heterocycles. The first-order valence-corrected chi connectivity index (χ1v) is 11.6. The highest BCUT2D eigenvalue weighted by molar-refractivity contribution is 9.10. The number of ether oxygens (including phenoxy) is 2. The molecule has 0 saturated carbocycles. The van der Waals surface area contributed by atoms with Crippen LogP contribution < -0.4 is 15.0 Å². The van der Waals surface area contributed by atoms with Crippen molar-refractivity contribution in [2.45, 2.75) is 33.1 Å². The fourth-order valence-electron chi connectivity index (χ4n) is 3.30. The van der Waals surface area contributed by atoms with Gasteiger partial charge in [0.15, 0.2) is 12.4 Å². The van der Waals surface area contributed by atoms with Crippen molar-refractivity contribution in [3.05, 3.63) is 66.7 Å². The molecule has 2 aromatic carbocycles. The Hall–Kier alpha value is -3.80. The van der Waals surface area contributed by atoms with Crippen molar-refractivity contribution in [1.82, 2.24) is 9.66 Å². The van der Waals surface area contributed by atoms with Gasteiger partial charge in [0.1, 0.15) is 5.82 Å². The van der Waals surface area contributed by atoms with Crippen molar-refractivity contribution in [3.63, 3.8) is 0 Å². The molecule has 0 unspecified atom stereocenters. The van der Waals surface area contributed by atoms with E-state index >= 15 is 0 Å². The number of halogens is 1. The molecule has 0 bridgehead atoms. The number of hydrogen-bond acceptors (Lipinski definition) is 8. The van der Waals surface area contributed by atoms with E-state index in [1.54, 1.807) is 25.1 Å². The quantitative estimate of drug-likeness (QED) is 0.214. The Balaban J connectivity index is 2.13. The molecule has 3 rings (SSSR count). The Morgan fingerprint density at radius 3 is 2.71 bits per heavy atom. The second-order valence-electron chi connectivity index (χ2n) is 7.39. The minimum atomic E-state index is -1.29. The topological polar surface area (TPSA) is 146 Å². The van der Waals surface area contributed by atoms with Gasteiger partial charge < -0.3 is 14.6 Å². The number of carbonyl (C=O) groups is 1.